The normalized spacial score (nSPS) is 10.2. The van der Waals surface area contributed by atoms with E-state index in [1.807, 2.05) is 12.1 Å². The molecule has 0 atom stereocenters. The molecule has 3 N–H and O–H groups in total. The van der Waals surface area contributed by atoms with Crippen molar-refractivity contribution >= 4 is 45.7 Å². The summed E-state index contributed by atoms with van der Waals surface area (Å²) in [5.74, 6) is 0.518. The average molecular weight is 431 g/mol. The molecule has 24 heavy (non-hydrogen) atoms. The third-order valence-corrected chi connectivity index (χ3v) is 4.01. The minimum Gasteiger partial charge on any atom is -0.508 e. The van der Waals surface area contributed by atoms with Crippen LogP contribution in [0.3, 0.4) is 0 Å². The number of rotatable bonds is 4. The quantitative estimate of drug-likeness (QED) is 0.423. The summed E-state index contributed by atoms with van der Waals surface area (Å²) in [6, 6.07) is 17.5. The van der Waals surface area contributed by atoms with Gasteiger partial charge in [-0.1, -0.05) is 0 Å². The topological polar surface area (TPSA) is 74.2 Å². The molecule has 1 heterocycles. The van der Waals surface area contributed by atoms with Crippen LogP contribution < -0.4 is 10.6 Å². The smallest absolute Gasteiger partial charge is 0.255 e. The number of nitrogens with zero attached hydrogens (tertiary/aromatic N) is 1. The number of benzene rings is 2. The zero-order valence-corrected chi connectivity index (χ0v) is 14.7. The lowest BCUT2D eigenvalue weighted by Crippen LogP contribution is -2.13. The Balaban J connectivity index is 1.79. The standard InChI is InChI=1S/C18H14IN3O2/c19-13-5-3-12(4-6-13)18(24)22-16-2-1-11-20-17(16)21-14-7-9-15(23)10-8-14/h1-11,23H,(H,20,21)(H,22,24). The molecular weight excluding hydrogens is 417 g/mol. The van der Waals surface area contributed by atoms with Gasteiger partial charge in [-0.3, -0.25) is 4.79 Å². The van der Waals surface area contributed by atoms with E-state index in [1.165, 1.54) is 0 Å². The number of aromatic hydroxyl groups is 1. The molecule has 6 heteroatoms. The van der Waals surface area contributed by atoms with Gasteiger partial charge in [0.1, 0.15) is 5.75 Å². The number of pyridine rings is 1. The maximum absolute atomic E-state index is 12.4. The number of halogens is 1. The van der Waals surface area contributed by atoms with E-state index in [2.05, 4.69) is 38.2 Å². The number of amides is 1. The molecular formula is C18H14IN3O2. The highest BCUT2D eigenvalue weighted by Gasteiger charge is 2.10. The molecule has 2 aromatic carbocycles. The first-order chi connectivity index (χ1) is 11.6. The molecule has 0 saturated heterocycles. The Kier molecular flexibility index (Phi) is 4.95. The molecule has 0 spiro atoms. The van der Waals surface area contributed by atoms with Crippen molar-refractivity contribution in [2.75, 3.05) is 10.6 Å². The number of carbonyl (C=O) groups is 1. The van der Waals surface area contributed by atoms with E-state index in [-0.39, 0.29) is 11.7 Å². The Bertz CT molecular complexity index is 849. The van der Waals surface area contributed by atoms with Gasteiger partial charge in [-0.2, -0.15) is 0 Å². The Morgan fingerprint density at radius 3 is 2.42 bits per heavy atom. The van der Waals surface area contributed by atoms with Crippen LogP contribution in [-0.4, -0.2) is 16.0 Å². The van der Waals surface area contributed by atoms with Gasteiger partial charge in [-0.15, -0.1) is 0 Å². The van der Waals surface area contributed by atoms with Gasteiger partial charge in [-0.05, 0) is 83.3 Å². The molecule has 5 nitrogen and oxygen atoms in total. The fraction of sp³-hybridized carbons (Fsp3) is 0. The zero-order chi connectivity index (χ0) is 16.9. The van der Waals surface area contributed by atoms with E-state index in [0.717, 1.165) is 9.26 Å². The van der Waals surface area contributed by atoms with Gasteiger partial charge >= 0.3 is 0 Å². The van der Waals surface area contributed by atoms with E-state index < -0.39 is 0 Å². The first-order valence-corrected chi connectivity index (χ1v) is 8.28. The summed E-state index contributed by atoms with van der Waals surface area (Å²) in [5.41, 5.74) is 1.92. The predicted molar refractivity (Wildman–Crippen MR) is 103 cm³/mol. The first kappa shape index (κ1) is 16.3. The van der Waals surface area contributed by atoms with Crippen molar-refractivity contribution < 1.29 is 9.90 Å². The molecule has 0 aliphatic rings. The van der Waals surface area contributed by atoms with Crippen molar-refractivity contribution in [2.24, 2.45) is 0 Å². The molecule has 0 saturated carbocycles. The van der Waals surface area contributed by atoms with Gasteiger partial charge < -0.3 is 15.7 Å². The van der Waals surface area contributed by atoms with E-state index in [9.17, 15) is 9.90 Å². The lowest BCUT2D eigenvalue weighted by atomic mass is 10.2. The minimum atomic E-state index is -0.201. The number of anilines is 3. The molecule has 1 amide bonds. The molecule has 0 fully saturated rings. The predicted octanol–water partition coefficient (Wildman–Crippen LogP) is 4.39. The number of hydrogen-bond acceptors (Lipinski definition) is 4. The van der Waals surface area contributed by atoms with Crippen molar-refractivity contribution in [3.8, 4) is 5.75 Å². The highest BCUT2D eigenvalue weighted by molar-refractivity contribution is 14.1. The van der Waals surface area contributed by atoms with Crippen molar-refractivity contribution in [1.29, 1.82) is 0 Å². The minimum absolute atomic E-state index is 0.189. The second-order valence-electron chi connectivity index (χ2n) is 5.03. The molecule has 0 aliphatic carbocycles. The number of phenolic OH excluding ortho intramolecular Hbond substituents is 1. The van der Waals surface area contributed by atoms with Crippen molar-refractivity contribution in [2.45, 2.75) is 0 Å². The van der Waals surface area contributed by atoms with Crippen LogP contribution in [0, 0.1) is 3.57 Å². The zero-order valence-electron chi connectivity index (χ0n) is 12.5. The molecule has 0 bridgehead atoms. The van der Waals surface area contributed by atoms with Crippen molar-refractivity contribution in [3.05, 3.63) is 76.0 Å². The maximum atomic E-state index is 12.4. The van der Waals surface area contributed by atoms with E-state index in [1.54, 1.807) is 54.7 Å². The van der Waals surface area contributed by atoms with Gasteiger partial charge in [0.15, 0.2) is 5.82 Å². The Morgan fingerprint density at radius 1 is 1.00 bits per heavy atom. The molecule has 3 rings (SSSR count). The highest BCUT2D eigenvalue weighted by Crippen LogP contribution is 2.24. The van der Waals surface area contributed by atoms with Gasteiger partial charge in [0, 0.05) is 21.0 Å². The number of phenols is 1. The number of carbonyl (C=O) groups excluding carboxylic acids is 1. The summed E-state index contributed by atoms with van der Waals surface area (Å²) in [6.07, 6.45) is 1.64. The molecule has 1 aromatic heterocycles. The van der Waals surface area contributed by atoms with Crippen LogP contribution in [0.15, 0.2) is 66.9 Å². The summed E-state index contributed by atoms with van der Waals surface area (Å²) in [7, 11) is 0. The fourth-order valence-electron chi connectivity index (χ4n) is 2.08. The fourth-order valence-corrected chi connectivity index (χ4v) is 2.44. The van der Waals surface area contributed by atoms with Crippen LogP contribution in [0.4, 0.5) is 17.2 Å². The number of nitrogens with one attached hydrogen (secondary N) is 2. The van der Waals surface area contributed by atoms with Gasteiger partial charge in [0.05, 0.1) is 5.69 Å². The Hall–Kier alpha value is -2.61. The number of hydrogen-bond donors (Lipinski definition) is 3. The molecule has 120 valence electrons. The largest absolute Gasteiger partial charge is 0.508 e. The van der Waals surface area contributed by atoms with Gasteiger partial charge in [-0.25, -0.2) is 4.98 Å². The maximum Gasteiger partial charge on any atom is 0.255 e. The Morgan fingerprint density at radius 2 is 1.71 bits per heavy atom. The van der Waals surface area contributed by atoms with E-state index in [4.69, 9.17) is 0 Å². The van der Waals surface area contributed by atoms with Crippen LogP contribution in [0.2, 0.25) is 0 Å². The second kappa shape index (κ2) is 7.31. The van der Waals surface area contributed by atoms with Crippen LogP contribution in [0.1, 0.15) is 10.4 Å². The number of aromatic nitrogens is 1. The lowest BCUT2D eigenvalue weighted by molar-refractivity contribution is 0.102. The molecule has 0 radical (unpaired) electrons. The second-order valence-corrected chi connectivity index (χ2v) is 6.28. The summed E-state index contributed by atoms with van der Waals surface area (Å²) in [6.45, 7) is 0. The Labute approximate surface area is 152 Å². The monoisotopic (exact) mass is 431 g/mol. The highest BCUT2D eigenvalue weighted by atomic mass is 127. The average Bonchev–Trinajstić information content (AvgIpc) is 2.59. The summed E-state index contributed by atoms with van der Waals surface area (Å²) in [4.78, 5) is 16.6. The van der Waals surface area contributed by atoms with Gasteiger partial charge in [0.25, 0.3) is 5.91 Å². The van der Waals surface area contributed by atoms with Crippen LogP contribution in [0.5, 0.6) is 5.75 Å². The third-order valence-electron chi connectivity index (χ3n) is 3.29. The van der Waals surface area contributed by atoms with E-state index in [0.29, 0.717) is 17.1 Å². The van der Waals surface area contributed by atoms with Crippen LogP contribution in [0.25, 0.3) is 0 Å². The van der Waals surface area contributed by atoms with E-state index >= 15 is 0 Å². The third kappa shape index (κ3) is 4.02. The molecule has 3 aromatic rings. The summed E-state index contributed by atoms with van der Waals surface area (Å²) in [5, 5.41) is 15.3. The first-order valence-electron chi connectivity index (χ1n) is 7.20. The summed E-state index contributed by atoms with van der Waals surface area (Å²) >= 11 is 2.19. The molecule has 0 unspecified atom stereocenters. The van der Waals surface area contributed by atoms with Crippen molar-refractivity contribution in [1.82, 2.24) is 4.98 Å². The lowest BCUT2D eigenvalue weighted by Gasteiger charge is -2.12. The van der Waals surface area contributed by atoms with Crippen molar-refractivity contribution in [3.63, 3.8) is 0 Å². The summed E-state index contributed by atoms with van der Waals surface area (Å²) < 4.78 is 1.07. The molecule has 0 aliphatic heterocycles. The van der Waals surface area contributed by atoms with Gasteiger partial charge in [0.2, 0.25) is 0 Å². The van der Waals surface area contributed by atoms with Crippen LogP contribution in [-0.2, 0) is 0 Å². The van der Waals surface area contributed by atoms with Crippen LogP contribution >= 0.6 is 22.6 Å². The SMILES string of the molecule is O=C(Nc1cccnc1Nc1ccc(O)cc1)c1ccc(I)cc1.